The normalized spacial score (nSPS) is 10.9. The number of carbonyl (C=O) groups excluding carboxylic acids is 2. The fraction of sp³-hybridized carbons (Fsp3) is 0.238. The lowest BCUT2D eigenvalue weighted by atomic mass is 10.1. The maximum Gasteiger partial charge on any atom is 0.331 e. The fourth-order valence-corrected chi connectivity index (χ4v) is 2.37. The van der Waals surface area contributed by atoms with E-state index in [1.807, 2.05) is 12.1 Å². The van der Waals surface area contributed by atoms with Crippen LogP contribution in [0.15, 0.2) is 48.5 Å². The molecule has 0 spiro atoms. The van der Waals surface area contributed by atoms with E-state index in [1.54, 1.807) is 44.4 Å². The predicted octanol–water partition coefficient (Wildman–Crippen LogP) is 3.54. The van der Waals surface area contributed by atoms with Crippen molar-refractivity contribution in [1.82, 2.24) is 0 Å². The first kappa shape index (κ1) is 20.0. The van der Waals surface area contributed by atoms with Gasteiger partial charge < -0.3 is 18.9 Å². The SMILES string of the molecule is CCOC(=O)/C=C(/COc1ccc(OC)cc1C=O)c1ccc(OC)cc1. The van der Waals surface area contributed by atoms with Crippen molar-refractivity contribution in [2.45, 2.75) is 6.92 Å². The Balaban J connectivity index is 2.26. The van der Waals surface area contributed by atoms with Crippen molar-refractivity contribution in [2.75, 3.05) is 27.4 Å². The minimum absolute atomic E-state index is 0.0817. The molecule has 0 aliphatic rings. The highest BCUT2D eigenvalue weighted by Crippen LogP contribution is 2.25. The predicted molar refractivity (Wildman–Crippen MR) is 101 cm³/mol. The molecule has 0 aromatic heterocycles. The van der Waals surface area contributed by atoms with Gasteiger partial charge in [-0.25, -0.2) is 4.79 Å². The molecule has 0 bridgehead atoms. The van der Waals surface area contributed by atoms with Gasteiger partial charge in [0.25, 0.3) is 0 Å². The van der Waals surface area contributed by atoms with Crippen molar-refractivity contribution < 1.29 is 28.5 Å². The number of aldehydes is 1. The quantitative estimate of drug-likeness (QED) is 0.382. The van der Waals surface area contributed by atoms with Crippen LogP contribution in [0.1, 0.15) is 22.8 Å². The van der Waals surface area contributed by atoms with Crippen LogP contribution >= 0.6 is 0 Å². The first-order valence-electron chi connectivity index (χ1n) is 8.39. The Bertz CT molecular complexity index is 808. The van der Waals surface area contributed by atoms with Gasteiger partial charge in [0.15, 0.2) is 6.29 Å². The molecule has 0 atom stereocenters. The molecule has 0 unspecified atom stereocenters. The molecule has 2 aromatic carbocycles. The first-order valence-corrected chi connectivity index (χ1v) is 8.39. The molecule has 6 nitrogen and oxygen atoms in total. The molecule has 0 N–H and O–H groups in total. The zero-order valence-corrected chi connectivity index (χ0v) is 15.6. The van der Waals surface area contributed by atoms with Gasteiger partial charge >= 0.3 is 5.97 Å². The third kappa shape index (κ3) is 5.60. The van der Waals surface area contributed by atoms with E-state index in [9.17, 15) is 9.59 Å². The van der Waals surface area contributed by atoms with Gasteiger partial charge in [0.2, 0.25) is 0 Å². The van der Waals surface area contributed by atoms with Gasteiger partial charge in [0, 0.05) is 11.6 Å². The molecule has 0 saturated heterocycles. The van der Waals surface area contributed by atoms with E-state index < -0.39 is 5.97 Å². The molecular weight excluding hydrogens is 348 g/mol. The average Bonchev–Trinajstić information content (AvgIpc) is 2.71. The molecule has 0 saturated carbocycles. The highest BCUT2D eigenvalue weighted by molar-refractivity contribution is 5.91. The largest absolute Gasteiger partial charge is 0.497 e. The maximum atomic E-state index is 11.9. The van der Waals surface area contributed by atoms with Crippen LogP contribution < -0.4 is 14.2 Å². The number of rotatable bonds is 9. The van der Waals surface area contributed by atoms with Crippen LogP contribution in [0.3, 0.4) is 0 Å². The van der Waals surface area contributed by atoms with Gasteiger partial charge in [-0.1, -0.05) is 12.1 Å². The van der Waals surface area contributed by atoms with Gasteiger partial charge in [-0.2, -0.15) is 0 Å². The monoisotopic (exact) mass is 370 g/mol. The van der Waals surface area contributed by atoms with Crippen molar-refractivity contribution in [3.05, 3.63) is 59.7 Å². The number of hydrogen-bond acceptors (Lipinski definition) is 6. The van der Waals surface area contributed by atoms with Gasteiger partial charge in [0.05, 0.1) is 26.4 Å². The summed E-state index contributed by atoms with van der Waals surface area (Å²) in [4.78, 5) is 23.2. The zero-order valence-electron chi connectivity index (χ0n) is 15.6. The zero-order chi connectivity index (χ0) is 19.6. The Morgan fingerprint density at radius 1 is 1.00 bits per heavy atom. The van der Waals surface area contributed by atoms with Crippen molar-refractivity contribution in [3.63, 3.8) is 0 Å². The summed E-state index contributed by atoms with van der Waals surface area (Å²) >= 11 is 0. The highest BCUT2D eigenvalue weighted by atomic mass is 16.5. The van der Waals surface area contributed by atoms with E-state index >= 15 is 0 Å². The summed E-state index contributed by atoms with van der Waals surface area (Å²) in [6.45, 7) is 2.10. The molecule has 6 heteroatoms. The third-order valence-electron chi connectivity index (χ3n) is 3.77. The molecular formula is C21H22O6. The van der Waals surface area contributed by atoms with Gasteiger partial charge in [-0.3, -0.25) is 4.79 Å². The molecule has 0 radical (unpaired) electrons. The van der Waals surface area contributed by atoms with E-state index in [2.05, 4.69) is 0 Å². The summed E-state index contributed by atoms with van der Waals surface area (Å²) in [6.07, 6.45) is 2.08. The van der Waals surface area contributed by atoms with Crippen LogP contribution in [0.4, 0.5) is 0 Å². The Kier molecular flexibility index (Phi) is 7.43. The van der Waals surface area contributed by atoms with Crippen molar-refractivity contribution in [1.29, 1.82) is 0 Å². The molecule has 0 fully saturated rings. The van der Waals surface area contributed by atoms with Gasteiger partial charge in [-0.15, -0.1) is 0 Å². The number of methoxy groups -OCH3 is 2. The minimum Gasteiger partial charge on any atom is -0.497 e. The molecule has 2 rings (SSSR count). The summed E-state index contributed by atoms with van der Waals surface area (Å²) in [5.74, 6) is 1.20. The molecule has 27 heavy (non-hydrogen) atoms. The van der Waals surface area contributed by atoms with E-state index in [4.69, 9.17) is 18.9 Å². The second-order valence-electron chi connectivity index (χ2n) is 5.46. The van der Waals surface area contributed by atoms with Crippen LogP contribution in [0.5, 0.6) is 17.2 Å². The van der Waals surface area contributed by atoms with Crippen LogP contribution in [0.2, 0.25) is 0 Å². The Labute approximate surface area is 158 Å². The van der Waals surface area contributed by atoms with Crippen LogP contribution in [0.25, 0.3) is 5.57 Å². The lowest BCUT2D eigenvalue weighted by molar-refractivity contribution is -0.137. The smallest absolute Gasteiger partial charge is 0.331 e. The van der Waals surface area contributed by atoms with Gasteiger partial charge in [-0.05, 0) is 42.8 Å². The second-order valence-corrected chi connectivity index (χ2v) is 5.46. The van der Waals surface area contributed by atoms with Crippen LogP contribution in [-0.2, 0) is 9.53 Å². The van der Waals surface area contributed by atoms with E-state index in [1.165, 1.54) is 13.2 Å². The topological polar surface area (TPSA) is 71.1 Å². The summed E-state index contributed by atoms with van der Waals surface area (Å²) in [6, 6.07) is 12.2. The van der Waals surface area contributed by atoms with Crippen molar-refractivity contribution >= 4 is 17.8 Å². The molecule has 0 aliphatic carbocycles. The summed E-state index contributed by atoms with van der Waals surface area (Å²) in [7, 11) is 3.10. The minimum atomic E-state index is -0.461. The Morgan fingerprint density at radius 3 is 2.26 bits per heavy atom. The summed E-state index contributed by atoms with van der Waals surface area (Å²) in [5.41, 5.74) is 1.76. The van der Waals surface area contributed by atoms with Crippen LogP contribution in [0, 0.1) is 0 Å². The van der Waals surface area contributed by atoms with Crippen molar-refractivity contribution in [2.24, 2.45) is 0 Å². The standard InChI is InChI=1S/C21H22O6/c1-4-26-21(23)12-17(15-5-7-18(24-2)8-6-15)14-27-20-10-9-19(25-3)11-16(20)13-22/h5-13H,4,14H2,1-3H3/b17-12-. The first-order chi connectivity index (χ1) is 13.1. The number of esters is 1. The Hall–Kier alpha value is -3.28. The third-order valence-corrected chi connectivity index (χ3v) is 3.77. The van der Waals surface area contributed by atoms with Crippen LogP contribution in [-0.4, -0.2) is 39.7 Å². The summed E-state index contributed by atoms with van der Waals surface area (Å²) < 4.78 is 21.0. The van der Waals surface area contributed by atoms with Gasteiger partial charge in [0.1, 0.15) is 23.9 Å². The summed E-state index contributed by atoms with van der Waals surface area (Å²) in [5, 5.41) is 0. The molecule has 0 amide bonds. The molecule has 2 aromatic rings. The number of carbonyl (C=O) groups is 2. The average molecular weight is 370 g/mol. The van der Waals surface area contributed by atoms with E-state index in [0.717, 1.165) is 5.56 Å². The Morgan fingerprint density at radius 2 is 1.67 bits per heavy atom. The number of ether oxygens (including phenoxy) is 4. The molecule has 0 aliphatic heterocycles. The maximum absolute atomic E-state index is 11.9. The number of hydrogen-bond donors (Lipinski definition) is 0. The lowest BCUT2D eigenvalue weighted by Gasteiger charge is -2.13. The van der Waals surface area contributed by atoms with E-state index in [0.29, 0.717) is 34.7 Å². The molecule has 0 heterocycles. The highest BCUT2D eigenvalue weighted by Gasteiger charge is 2.10. The lowest BCUT2D eigenvalue weighted by Crippen LogP contribution is -2.07. The van der Waals surface area contributed by atoms with E-state index in [-0.39, 0.29) is 13.2 Å². The second kappa shape index (κ2) is 10.0. The molecule has 142 valence electrons. The number of benzene rings is 2. The van der Waals surface area contributed by atoms with Crippen molar-refractivity contribution in [3.8, 4) is 17.2 Å². The fourth-order valence-electron chi connectivity index (χ4n) is 2.37.